The molecule has 0 aliphatic heterocycles. The first-order valence-corrected chi connectivity index (χ1v) is 6.70. The van der Waals surface area contributed by atoms with Crippen molar-refractivity contribution in [1.82, 2.24) is 15.0 Å². The Labute approximate surface area is 115 Å². The molecule has 0 saturated carbocycles. The van der Waals surface area contributed by atoms with Gasteiger partial charge in [-0.2, -0.15) is 0 Å². The Hall–Kier alpha value is -1.95. The van der Waals surface area contributed by atoms with E-state index in [0.717, 1.165) is 5.56 Å². The van der Waals surface area contributed by atoms with E-state index in [4.69, 9.17) is 0 Å². The highest BCUT2D eigenvalue weighted by molar-refractivity contribution is 8.00. The lowest BCUT2D eigenvalue weighted by Crippen LogP contribution is -2.23. The Balaban J connectivity index is 1.94. The number of thioether (sulfide) groups is 1. The van der Waals surface area contributed by atoms with Crippen molar-refractivity contribution in [3.63, 3.8) is 0 Å². The van der Waals surface area contributed by atoms with Crippen LogP contribution in [-0.2, 0) is 4.79 Å². The summed E-state index contributed by atoms with van der Waals surface area (Å²) in [6.07, 6.45) is 5.02. The van der Waals surface area contributed by atoms with Gasteiger partial charge in [0.1, 0.15) is 5.82 Å². The summed E-state index contributed by atoms with van der Waals surface area (Å²) >= 11 is 1.31. The third-order valence-electron chi connectivity index (χ3n) is 2.36. The zero-order valence-corrected chi connectivity index (χ0v) is 11.5. The van der Waals surface area contributed by atoms with Crippen LogP contribution >= 0.6 is 11.8 Å². The van der Waals surface area contributed by atoms with Gasteiger partial charge in [-0.25, -0.2) is 15.0 Å². The minimum absolute atomic E-state index is 0.117. The van der Waals surface area contributed by atoms with Crippen LogP contribution in [0.1, 0.15) is 12.5 Å². The lowest BCUT2D eigenvalue weighted by Gasteiger charge is -2.10. The van der Waals surface area contributed by atoms with Crippen LogP contribution in [0.4, 0.5) is 5.82 Å². The molecule has 0 bridgehead atoms. The number of nitrogens with one attached hydrogen (secondary N) is 1. The molecule has 0 spiro atoms. The van der Waals surface area contributed by atoms with E-state index in [1.165, 1.54) is 11.8 Å². The minimum atomic E-state index is -0.287. The van der Waals surface area contributed by atoms with E-state index in [1.54, 1.807) is 30.7 Å². The van der Waals surface area contributed by atoms with Gasteiger partial charge >= 0.3 is 0 Å². The first-order valence-electron chi connectivity index (χ1n) is 5.82. The highest BCUT2D eigenvalue weighted by atomic mass is 32.2. The summed E-state index contributed by atoms with van der Waals surface area (Å²) in [5.41, 5.74) is 1.05. The average Bonchev–Trinajstić information content (AvgIpc) is 2.42. The zero-order chi connectivity index (χ0) is 13.7. The van der Waals surface area contributed by atoms with Gasteiger partial charge in [0.25, 0.3) is 0 Å². The van der Waals surface area contributed by atoms with Gasteiger partial charge in [0.2, 0.25) is 5.91 Å². The Bertz CT molecular complexity index is 544. The molecule has 6 heteroatoms. The summed E-state index contributed by atoms with van der Waals surface area (Å²) in [5.74, 6) is 0.436. The Morgan fingerprint density at radius 2 is 2.00 bits per heavy atom. The van der Waals surface area contributed by atoms with Gasteiger partial charge in [0, 0.05) is 18.6 Å². The molecule has 98 valence electrons. The van der Waals surface area contributed by atoms with Crippen LogP contribution in [0.25, 0.3) is 0 Å². The third kappa shape index (κ3) is 4.03. The lowest BCUT2D eigenvalue weighted by molar-refractivity contribution is -0.115. The number of aromatic nitrogens is 3. The molecule has 1 unspecified atom stereocenters. The molecule has 1 amide bonds. The van der Waals surface area contributed by atoms with Gasteiger partial charge in [0.05, 0.1) is 5.25 Å². The fourth-order valence-corrected chi connectivity index (χ4v) is 2.05. The highest BCUT2D eigenvalue weighted by Crippen LogP contribution is 2.19. The Morgan fingerprint density at radius 3 is 2.63 bits per heavy atom. The average molecular weight is 274 g/mol. The third-order valence-corrected chi connectivity index (χ3v) is 3.35. The molecule has 19 heavy (non-hydrogen) atoms. The SMILES string of the molecule is Cc1ccc(NC(=O)C(C)Sc2ncccn2)nc1. The zero-order valence-electron chi connectivity index (χ0n) is 10.7. The largest absolute Gasteiger partial charge is 0.310 e. The van der Waals surface area contributed by atoms with E-state index in [2.05, 4.69) is 20.3 Å². The number of aryl methyl sites for hydroxylation is 1. The molecule has 0 radical (unpaired) electrons. The van der Waals surface area contributed by atoms with Crippen molar-refractivity contribution in [3.05, 3.63) is 42.4 Å². The molecule has 0 fully saturated rings. The number of nitrogens with zero attached hydrogens (tertiary/aromatic N) is 3. The topological polar surface area (TPSA) is 67.8 Å². The maximum atomic E-state index is 12.0. The maximum Gasteiger partial charge on any atom is 0.238 e. The van der Waals surface area contributed by atoms with Gasteiger partial charge in [-0.1, -0.05) is 17.8 Å². The Morgan fingerprint density at radius 1 is 1.26 bits per heavy atom. The molecule has 0 saturated heterocycles. The minimum Gasteiger partial charge on any atom is -0.310 e. The van der Waals surface area contributed by atoms with Crippen molar-refractivity contribution in [2.45, 2.75) is 24.3 Å². The molecule has 5 nitrogen and oxygen atoms in total. The van der Waals surface area contributed by atoms with Crippen molar-refractivity contribution in [2.24, 2.45) is 0 Å². The second-order valence-corrected chi connectivity index (χ2v) is 5.31. The van der Waals surface area contributed by atoms with Crippen molar-refractivity contribution < 1.29 is 4.79 Å². The van der Waals surface area contributed by atoms with Crippen LogP contribution in [0.15, 0.2) is 41.9 Å². The van der Waals surface area contributed by atoms with Crippen LogP contribution in [0.5, 0.6) is 0 Å². The Kier molecular flexibility index (Phi) is 4.46. The van der Waals surface area contributed by atoms with Gasteiger partial charge < -0.3 is 5.32 Å². The summed E-state index contributed by atoms with van der Waals surface area (Å²) < 4.78 is 0. The number of hydrogen-bond acceptors (Lipinski definition) is 5. The number of carbonyl (C=O) groups is 1. The van der Waals surface area contributed by atoms with Crippen LogP contribution < -0.4 is 5.32 Å². The normalized spacial score (nSPS) is 11.9. The quantitative estimate of drug-likeness (QED) is 0.684. The summed E-state index contributed by atoms with van der Waals surface area (Å²) in [4.78, 5) is 24.3. The number of carbonyl (C=O) groups excluding carboxylic acids is 1. The fraction of sp³-hybridized carbons (Fsp3) is 0.231. The monoisotopic (exact) mass is 274 g/mol. The van der Waals surface area contributed by atoms with Gasteiger partial charge in [-0.05, 0) is 31.5 Å². The molecule has 2 heterocycles. The van der Waals surface area contributed by atoms with E-state index >= 15 is 0 Å². The first kappa shape index (κ1) is 13.5. The summed E-state index contributed by atoms with van der Waals surface area (Å²) in [6.45, 7) is 3.76. The number of anilines is 1. The standard InChI is InChI=1S/C13H14N4OS/c1-9-4-5-11(16-8-9)17-12(18)10(2)19-13-14-6-3-7-15-13/h3-8,10H,1-2H3,(H,16,17,18). The van der Waals surface area contributed by atoms with Gasteiger partial charge in [-0.15, -0.1) is 0 Å². The molecule has 1 N–H and O–H groups in total. The van der Waals surface area contributed by atoms with Crippen molar-refractivity contribution in [1.29, 1.82) is 0 Å². The van der Waals surface area contributed by atoms with Crippen molar-refractivity contribution in [3.8, 4) is 0 Å². The molecule has 2 rings (SSSR count). The molecule has 1 atom stereocenters. The molecule has 2 aromatic heterocycles. The maximum absolute atomic E-state index is 12.0. The molecule has 0 aliphatic carbocycles. The molecule has 0 aromatic carbocycles. The molecular weight excluding hydrogens is 260 g/mol. The van der Waals surface area contributed by atoms with Gasteiger partial charge in [0.15, 0.2) is 5.16 Å². The number of amides is 1. The number of hydrogen-bond donors (Lipinski definition) is 1. The van der Waals surface area contributed by atoms with Crippen molar-refractivity contribution in [2.75, 3.05) is 5.32 Å². The van der Waals surface area contributed by atoms with E-state index in [0.29, 0.717) is 11.0 Å². The van der Waals surface area contributed by atoms with Crippen LogP contribution in [0.3, 0.4) is 0 Å². The summed E-state index contributed by atoms with van der Waals surface area (Å²) in [6, 6.07) is 5.43. The summed E-state index contributed by atoms with van der Waals surface area (Å²) in [7, 11) is 0. The fourth-order valence-electron chi connectivity index (χ4n) is 1.33. The van der Waals surface area contributed by atoms with Gasteiger partial charge in [-0.3, -0.25) is 4.79 Å². The number of rotatable bonds is 4. The smallest absolute Gasteiger partial charge is 0.238 e. The van der Waals surface area contributed by atoms with E-state index < -0.39 is 0 Å². The molecular formula is C13H14N4OS. The summed E-state index contributed by atoms with van der Waals surface area (Å²) in [5, 5.41) is 3.06. The lowest BCUT2D eigenvalue weighted by atomic mass is 10.3. The number of pyridine rings is 1. The first-order chi connectivity index (χ1) is 9.15. The van der Waals surface area contributed by atoms with E-state index in [9.17, 15) is 4.79 Å². The molecule has 0 aliphatic rings. The van der Waals surface area contributed by atoms with Crippen LogP contribution in [0.2, 0.25) is 0 Å². The van der Waals surface area contributed by atoms with E-state index in [1.807, 2.05) is 19.9 Å². The van der Waals surface area contributed by atoms with Crippen LogP contribution in [0, 0.1) is 6.92 Å². The van der Waals surface area contributed by atoms with E-state index in [-0.39, 0.29) is 11.2 Å². The predicted octanol–water partition coefficient (Wildman–Crippen LogP) is 2.30. The predicted molar refractivity (Wildman–Crippen MR) is 75.0 cm³/mol. The van der Waals surface area contributed by atoms with Crippen LogP contribution in [-0.4, -0.2) is 26.1 Å². The van der Waals surface area contributed by atoms with Crippen molar-refractivity contribution >= 4 is 23.5 Å². The second-order valence-electron chi connectivity index (χ2n) is 4.00. The highest BCUT2D eigenvalue weighted by Gasteiger charge is 2.16. The second kappa shape index (κ2) is 6.29. The molecule has 2 aromatic rings.